The number of fused-ring (bicyclic) bond motifs is 7. The van der Waals surface area contributed by atoms with Gasteiger partial charge in [-0.2, -0.15) is 0 Å². The van der Waals surface area contributed by atoms with Gasteiger partial charge in [0.15, 0.2) is 0 Å². The molecule has 0 unspecified atom stereocenters. The molecule has 1 N–H and O–H groups in total. The van der Waals surface area contributed by atoms with E-state index >= 15 is 0 Å². The van der Waals surface area contributed by atoms with Crippen LogP contribution in [0.15, 0.2) is 11.6 Å². The molecule has 216 valence electrons. The van der Waals surface area contributed by atoms with Gasteiger partial charge in [-0.1, -0.05) is 76.0 Å². The summed E-state index contributed by atoms with van der Waals surface area (Å²) in [5.74, 6) is 2.75. The van der Waals surface area contributed by atoms with Gasteiger partial charge in [-0.05, 0) is 122 Å². The number of ether oxygens (including phenoxy) is 1. The summed E-state index contributed by atoms with van der Waals surface area (Å²) < 4.78 is 6.08. The Balaban J connectivity index is 1.53. The first-order valence-electron chi connectivity index (χ1n) is 15.9. The van der Waals surface area contributed by atoms with Crippen molar-refractivity contribution >= 4 is 21.9 Å². The summed E-state index contributed by atoms with van der Waals surface area (Å²) >= 11 is 3.51. The summed E-state index contributed by atoms with van der Waals surface area (Å²) in [4.78, 5) is 14.0. The van der Waals surface area contributed by atoms with E-state index in [2.05, 4.69) is 70.5 Å². The molecule has 0 heterocycles. The molecule has 0 bridgehead atoms. The van der Waals surface area contributed by atoms with Crippen molar-refractivity contribution in [3.63, 3.8) is 0 Å². The van der Waals surface area contributed by atoms with Crippen molar-refractivity contribution in [2.45, 2.75) is 125 Å². The Bertz CT molecular complexity index is 957. The predicted octanol–water partition coefficient (Wildman–Crippen LogP) is 8.72. The van der Waals surface area contributed by atoms with Crippen molar-refractivity contribution in [1.29, 1.82) is 0 Å². The van der Waals surface area contributed by atoms with E-state index in [4.69, 9.17) is 4.74 Å². The van der Waals surface area contributed by atoms with Crippen molar-refractivity contribution < 1.29 is 14.6 Å². The van der Waals surface area contributed by atoms with Crippen molar-refractivity contribution in [2.75, 3.05) is 11.9 Å². The van der Waals surface area contributed by atoms with Crippen molar-refractivity contribution in [3.8, 4) is 0 Å². The number of allylic oxidation sites excluding steroid dienone is 2. The number of unbranched alkanes of at least 4 members (excludes halogenated alkanes) is 1. The first-order chi connectivity index (χ1) is 17.8. The van der Waals surface area contributed by atoms with E-state index in [1.54, 1.807) is 5.57 Å². The molecule has 0 aromatic carbocycles. The minimum atomic E-state index is -0.340. The maximum absolute atomic E-state index is 14.0. The van der Waals surface area contributed by atoms with Gasteiger partial charge in [-0.3, -0.25) is 4.79 Å². The Labute approximate surface area is 241 Å². The molecule has 3 nitrogen and oxygen atoms in total. The van der Waals surface area contributed by atoms with Gasteiger partial charge >= 0.3 is 5.97 Å². The van der Waals surface area contributed by atoms with Gasteiger partial charge in [-0.25, -0.2) is 0 Å². The van der Waals surface area contributed by atoms with E-state index in [9.17, 15) is 9.90 Å². The molecule has 4 fully saturated rings. The number of esters is 1. The molecule has 5 aliphatic rings. The maximum Gasteiger partial charge on any atom is 0.312 e. The molecule has 0 aliphatic heterocycles. The van der Waals surface area contributed by atoms with E-state index in [0.717, 1.165) is 63.1 Å². The van der Waals surface area contributed by atoms with Gasteiger partial charge in [0.2, 0.25) is 0 Å². The van der Waals surface area contributed by atoms with Crippen LogP contribution in [0.1, 0.15) is 119 Å². The number of carbonyl (C=O) groups excluding carboxylic acids is 1. The SMILES string of the molecule is C[C@H]1[C@H](C)CC[C@]2(C(=O)OCCCCBr)CC[C@]3(C)C(=CC[C@@H]4[C@@]5(C)CC[C@H](O)C(C)(C)[C@@H]5CC[C@]43C)[C@H]12. The van der Waals surface area contributed by atoms with E-state index in [1.165, 1.54) is 12.8 Å². The lowest BCUT2D eigenvalue weighted by atomic mass is 9.33. The molecule has 0 spiro atoms. The van der Waals surface area contributed by atoms with Gasteiger partial charge in [0.05, 0.1) is 18.1 Å². The lowest BCUT2D eigenvalue weighted by Crippen LogP contribution is -2.65. The molecule has 0 aromatic rings. The van der Waals surface area contributed by atoms with Crippen LogP contribution in [-0.2, 0) is 9.53 Å². The summed E-state index contributed by atoms with van der Waals surface area (Å²) in [6, 6.07) is 0. The lowest BCUT2D eigenvalue weighted by Gasteiger charge is -2.71. The van der Waals surface area contributed by atoms with Crippen LogP contribution >= 0.6 is 15.9 Å². The summed E-state index contributed by atoms with van der Waals surface area (Å²) in [5, 5.41) is 12.0. The van der Waals surface area contributed by atoms with Crippen LogP contribution in [0.3, 0.4) is 0 Å². The molecule has 0 radical (unpaired) electrons. The Kier molecular flexibility index (Phi) is 7.58. The highest BCUT2D eigenvalue weighted by atomic mass is 79.9. The van der Waals surface area contributed by atoms with Crippen molar-refractivity contribution in [2.24, 2.45) is 56.7 Å². The summed E-state index contributed by atoms with van der Waals surface area (Å²) in [6.07, 6.45) is 14.3. The largest absolute Gasteiger partial charge is 0.465 e. The quantitative estimate of drug-likeness (QED) is 0.151. The van der Waals surface area contributed by atoms with Crippen LogP contribution in [0.5, 0.6) is 0 Å². The minimum absolute atomic E-state index is 0.0210. The standard InChI is InChI=1S/C34H55BrO3/c1-22-12-17-34(29(37)38-21-9-8-20-35)19-18-32(6)24(28(34)23(22)2)10-11-26-31(5)15-14-27(36)30(3,4)25(31)13-16-33(26,32)7/h10,22-23,25-28,36H,8-9,11-21H2,1-7H3/t22-,23+,25+,26-,27+,28+,31+,32-,33-,34+/m1/s1. The number of hydrogen-bond acceptors (Lipinski definition) is 3. The zero-order valence-electron chi connectivity index (χ0n) is 25.4. The molecule has 5 aliphatic carbocycles. The second kappa shape index (κ2) is 9.88. The van der Waals surface area contributed by atoms with E-state index in [0.29, 0.717) is 36.2 Å². The van der Waals surface area contributed by atoms with Crippen molar-refractivity contribution in [3.05, 3.63) is 11.6 Å². The topological polar surface area (TPSA) is 46.5 Å². The molecule has 38 heavy (non-hydrogen) atoms. The van der Waals surface area contributed by atoms with E-state index in [-0.39, 0.29) is 39.1 Å². The molecule has 4 heteroatoms. The fraction of sp³-hybridized carbons (Fsp3) is 0.912. The zero-order valence-corrected chi connectivity index (χ0v) is 27.0. The molecular formula is C34H55BrO3. The number of hydrogen-bond donors (Lipinski definition) is 1. The highest BCUT2D eigenvalue weighted by Crippen LogP contribution is 2.75. The normalized spacial score (nSPS) is 49.6. The van der Waals surface area contributed by atoms with Gasteiger partial charge in [-0.15, -0.1) is 0 Å². The minimum Gasteiger partial charge on any atom is -0.465 e. The van der Waals surface area contributed by atoms with E-state index < -0.39 is 0 Å². The van der Waals surface area contributed by atoms with Crippen LogP contribution in [0.25, 0.3) is 0 Å². The van der Waals surface area contributed by atoms with Crippen molar-refractivity contribution in [1.82, 2.24) is 0 Å². The number of rotatable bonds is 5. The third kappa shape index (κ3) is 3.91. The second-order valence-corrected chi connectivity index (χ2v) is 16.5. The Morgan fingerprint density at radius 1 is 0.974 bits per heavy atom. The Morgan fingerprint density at radius 3 is 2.42 bits per heavy atom. The molecule has 0 saturated heterocycles. The highest BCUT2D eigenvalue weighted by molar-refractivity contribution is 9.09. The highest BCUT2D eigenvalue weighted by Gasteiger charge is 2.69. The Morgan fingerprint density at radius 2 is 1.71 bits per heavy atom. The number of carbonyl (C=O) groups is 1. The second-order valence-electron chi connectivity index (χ2n) is 15.7. The number of halogens is 1. The van der Waals surface area contributed by atoms with Gasteiger partial charge in [0.1, 0.15) is 0 Å². The lowest BCUT2D eigenvalue weighted by molar-refractivity contribution is -0.207. The molecule has 4 saturated carbocycles. The molecular weight excluding hydrogens is 536 g/mol. The summed E-state index contributed by atoms with van der Waals surface area (Å²) in [6.45, 7) is 17.9. The molecule has 5 rings (SSSR count). The summed E-state index contributed by atoms with van der Waals surface area (Å²) in [7, 11) is 0. The average Bonchev–Trinajstić information content (AvgIpc) is 2.87. The zero-order chi connectivity index (χ0) is 27.7. The fourth-order valence-electron chi connectivity index (χ4n) is 11.3. The predicted molar refractivity (Wildman–Crippen MR) is 159 cm³/mol. The number of alkyl halides is 1. The van der Waals surface area contributed by atoms with Crippen LogP contribution < -0.4 is 0 Å². The molecule has 10 atom stereocenters. The third-order valence-corrected chi connectivity index (χ3v) is 14.7. The maximum atomic E-state index is 14.0. The number of aliphatic hydroxyl groups is 1. The van der Waals surface area contributed by atoms with Crippen LogP contribution in [0.4, 0.5) is 0 Å². The average molecular weight is 592 g/mol. The Hall–Kier alpha value is -0.350. The van der Waals surface area contributed by atoms with Gasteiger partial charge in [0.25, 0.3) is 0 Å². The monoisotopic (exact) mass is 590 g/mol. The van der Waals surface area contributed by atoms with Gasteiger partial charge < -0.3 is 9.84 Å². The summed E-state index contributed by atoms with van der Waals surface area (Å²) in [5.41, 5.74) is 1.87. The van der Waals surface area contributed by atoms with Gasteiger partial charge in [0, 0.05) is 5.33 Å². The molecule has 0 aromatic heterocycles. The number of aliphatic hydroxyl groups excluding tert-OH is 1. The molecule has 0 amide bonds. The first-order valence-corrected chi connectivity index (χ1v) is 17.0. The van der Waals surface area contributed by atoms with Crippen LogP contribution in [0, 0.1) is 56.7 Å². The first kappa shape index (κ1) is 29.2. The fourth-order valence-corrected chi connectivity index (χ4v) is 11.7. The smallest absolute Gasteiger partial charge is 0.312 e. The third-order valence-electron chi connectivity index (χ3n) is 14.1. The van der Waals surface area contributed by atoms with E-state index in [1.807, 2.05) is 0 Å². The van der Waals surface area contributed by atoms with Crippen LogP contribution in [-0.4, -0.2) is 29.1 Å². The van der Waals surface area contributed by atoms with Crippen LogP contribution in [0.2, 0.25) is 0 Å².